The minimum Gasteiger partial charge on any atom is -0.504 e. The molecule has 4 nitrogen and oxygen atoms in total. The zero-order valence-electron chi connectivity index (χ0n) is 7.65. The van der Waals surface area contributed by atoms with Crippen molar-refractivity contribution in [1.29, 1.82) is 0 Å². The first-order valence-electron chi connectivity index (χ1n) is 3.77. The summed E-state index contributed by atoms with van der Waals surface area (Å²) in [6.07, 6.45) is 1.30. The van der Waals surface area contributed by atoms with E-state index in [4.69, 9.17) is 9.05 Å². The van der Waals surface area contributed by atoms with Gasteiger partial charge in [-0.2, -0.15) is 0 Å². The summed E-state index contributed by atoms with van der Waals surface area (Å²) in [4.78, 5) is 0. The van der Waals surface area contributed by atoms with Crippen LogP contribution in [0.1, 0.15) is 13.8 Å². The van der Waals surface area contributed by atoms with E-state index in [9.17, 15) is 4.57 Å². The van der Waals surface area contributed by atoms with Crippen molar-refractivity contribution in [3.63, 3.8) is 0 Å². The molecule has 0 saturated heterocycles. The van der Waals surface area contributed by atoms with Gasteiger partial charge in [0.2, 0.25) is 0 Å². The molecule has 0 atom stereocenters. The van der Waals surface area contributed by atoms with Crippen molar-refractivity contribution in [2.45, 2.75) is 13.8 Å². The highest BCUT2D eigenvalue weighted by molar-refractivity contribution is 7.57. The maximum atomic E-state index is 11.6. The fourth-order valence-corrected chi connectivity index (χ4v) is 1.86. The van der Waals surface area contributed by atoms with E-state index in [1.165, 1.54) is 19.2 Å². The van der Waals surface area contributed by atoms with Crippen LogP contribution in [0.15, 0.2) is 12.1 Å². The Morgan fingerprint density at radius 2 is 1.75 bits per heavy atom. The van der Waals surface area contributed by atoms with Gasteiger partial charge in [-0.05, 0) is 13.8 Å². The minimum atomic E-state index is -3.04. The van der Waals surface area contributed by atoms with Gasteiger partial charge in [0.15, 0.2) is 0 Å². The second-order valence-corrected chi connectivity index (χ2v) is 3.79. The van der Waals surface area contributed by atoms with Gasteiger partial charge in [0.25, 0.3) is 0 Å². The molecule has 0 saturated carbocycles. The molecular formula is C7H15O4P. The van der Waals surface area contributed by atoms with Crippen molar-refractivity contribution in [2.24, 2.45) is 0 Å². The first-order valence-corrected chi connectivity index (χ1v) is 5.39. The molecule has 0 rings (SSSR count). The molecule has 0 aromatic heterocycles. The van der Waals surface area contributed by atoms with Gasteiger partial charge < -0.3 is 13.8 Å². The summed E-state index contributed by atoms with van der Waals surface area (Å²) >= 11 is 0. The van der Waals surface area contributed by atoms with E-state index < -0.39 is 7.60 Å². The Morgan fingerprint density at radius 1 is 1.25 bits per heavy atom. The molecule has 0 aromatic rings. The molecule has 0 heterocycles. The summed E-state index contributed by atoms with van der Waals surface area (Å²) in [5.41, 5.74) is 0. The van der Waals surface area contributed by atoms with Gasteiger partial charge in [0, 0.05) is 0 Å². The number of hydrogen-bond acceptors (Lipinski definition) is 4. The Hall–Kier alpha value is -0.310. The van der Waals surface area contributed by atoms with Crippen LogP contribution in [0.4, 0.5) is 0 Å². The van der Waals surface area contributed by atoms with Gasteiger partial charge in [-0.25, -0.2) is 0 Å². The predicted octanol–water partition coefficient (Wildman–Crippen LogP) is 2.37. The third kappa shape index (κ3) is 4.54. The van der Waals surface area contributed by atoms with E-state index in [1.54, 1.807) is 13.8 Å². The highest BCUT2D eigenvalue weighted by atomic mass is 31.2. The maximum Gasteiger partial charge on any atom is 0.357 e. The fourth-order valence-electron chi connectivity index (χ4n) is 0.619. The summed E-state index contributed by atoms with van der Waals surface area (Å²) in [6, 6.07) is 0. The molecule has 72 valence electrons. The second kappa shape index (κ2) is 6.23. The van der Waals surface area contributed by atoms with Crippen molar-refractivity contribution in [2.75, 3.05) is 20.3 Å². The Balaban J connectivity index is 4.18. The van der Waals surface area contributed by atoms with Gasteiger partial charge in [-0.1, -0.05) is 0 Å². The van der Waals surface area contributed by atoms with Crippen molar-refractivity contribution in [1.82, 2.24) is 0 Å². The van der Waals surface area contributed by atoms with E-state index in [1.807, 2.05) is 0 Å². The molecule has 0 aliphatic rings. The number of rotatable bonds is 6. The molecular weight excluding hydrogens is 179 g/mol. The van der Waals surface area contributed by atoms with Crippen molar-refractivity contribution in [3.05, 3.63) is 12.1 Å². The summed E-state index contributed by atoms with van der Waals surface area (Å²) in [5, 5.41) is 0. The Morgan fingerprint density at radius 3 is 2.08 bits per heavy atom. The average Bonchev–Trinajstić information content (AvgIpc) is 2.02. The predicted molar refractivity (Wildman–Crippen MR) is 47.0 cm³/mol. The summed E-state index contributed by atoms with van der Waals surface area (Å²) < 4.78 is 26.1. The highest BCUT2D eigenvalue weighted by Gasteiger charge is 2.18. The van der Waals surface area contributed by atoms with Gasteiger partial charge in [0.05, 0.1) is 32.4 Å². The molecule has 0 aromatic carbocycles. The van der Waals surface area contributed by atoms with Gasteiger partial charge in [-0.3, -0.25) is 4.57 Å². The van der Waals surface area contributed by atoms with E-state index >= 15 is 0 Å². The lowest BCUT2D eigenvalue weighted by Crippen LogP contribution is -1.92. The molecule has 0 spiro atoms. The lowest BCUT2D eigenvalue weighted by Gasteiger charge is -2.11. The van der Waals surface area contributed by atoms with Crippen LogP contribution in [0.25, 0.3) is 0 Å². The van der Waals surface area contributed by atoms with Crippen LogP contribution < -0.4 is 0 Å². The molecule has 0 radical (unpaired) electrons. The van der Waals surface area contributed by atoms with Crippen LogP contribution in [0.2, 0.25) is 0 Å². The molecule has 0 fully saturated rings. The maximum absolute atomic E-state index is 11.6. The van der Waals surface area contributed by atoms with Crippen LogP contribution in [-0.2, 0) is 18.3 Å². The smallest absolute Gasteiger partial charge is 0.357 e. The van der Waals surface area contributed by atoms with E-state index in [2.05, 4.69) is 4.74 Å². The minimum absolute atomic E-state index is 0.353. The molecule has 5 heteroatoms. The highest BCUT2D eigenvalue weighted by Crippen LogP contribution is 2.49. The summed E-state index contributed by atoms with van der Waals surface area (Å²) in [7, 11) is -1.57. The average molecular weight is 194 g/mol. The van der Waals surface area contributed by atoms with Crippen LogP contribution in [-0.4, -0.2) is 20.3 Å². The van der Waals surface area contributed by atoms with Crippen molar-refractivity contribution >= 4 is 7.60 Å². The number of ether oxygens (including phenoxy) is 1. The zero-order valence-corrected chi connectivity index (χ0v) is 8.54. The van der Waals surface area contributed by atoms with Crippen LogP contribution >= 0.6 is 7.60 Å². The van der Waals surface area contributed by atoms with Crippen LogP contribution in [0.3, 0.4) is 0 Å². The van der Waals surface area contributed by atoms with Crippen molar-refractivity contribution in [3.8, 4) is 0 Å². The topological polar surface area (TPSA) is 44.8 Å². The third-order valence-electron chi connectivity index (χ3n) is 0.998. The third-order valence-corrected chi connectivity index (χ3v) is 2.72. The van der Waals surface area contributed by atoms with Crippen molar-refractivity contribution < 1.29 is 18.3 Å². The summed E-state index contributed by atoms with van der Waals surface area (Å²) in [5.74, 6) is 1.31. The Kier molecular flexibility index (Phi) is 6.07. The lowest BCUT2D eigenvalue weighted by molar-refractivity contribution is 0.227. The Labute approximate surface area is 73.0 Å². The first-order chi connectivity index (χ1) is 5.68. The first kappa shape index (κ1) is 11.7. The molecule has 0 unspecified atom stereocenters. The zero-order chi connectivity index (χ0) is 9.45. The molecule has 0 amide bonds. The van der Waals surface area contributed by atoms with Crippen LogP contribution in [0, 0.1) is 0 Å². The normalized spacial score (nSPS) is 12.2. The molecule has 0 aliphatic heterocycles. The lowest BCUT2D eigenvalue weighted by atomic mass is 10.9. The largest absolute Gasteiger partial charge is 0.504 e. The quantitative estimate of drug-likeness (QED) is 0.481. The molecule has 0 N–H and O–H groups in total. The fraction of sp³-hybridized carbons (Fsp3) is 0.714. The Bertz CT molecular complexity index is 168. The van der Waals surface area contributed by atoms with E-state index in [0.717, 1.165) is 0 Å². The van der Waals surface area contributed by atoms with E-state index in [0.29, 0.717) is 13.2 Å². The van der Waals surface area contributed by atoms with E-state index in [-0.39, 0.29) is 0 Å². The van der Waals surface area contributed by atoms with Gasteiger partial charge >= 0.3 is 7.60 Å². The molecule has 12 heavy (non-hydrogen) atoms. The number of methoxy groups -OCH3 is 1. The SMILES string of the molecule is CCOP(=O)(C=COC)OCC. The van der Waals surface area contributed by atoms with Gasteiger partial charge in [-0.15, -0.1) is 0 Å². The second-order valence-electron chi connectivity index (χ2n) is 1.90. The standard InChI is InChI=1S/C7H15O4P/c1-4-10-12(8,11-5-2)7-6-9-3/h6-7H,4-5H2,1-3H3. The summed E-state index contributed by atoms with van der Waals surface area (Å²) in [6.45, 7) is 4.22. The van der Waals surface area contributed by atoms with Crippen LogP contribution in [0.5, 0.6) is 0 Å². The molecule has 0 bridgehead atoms. The number of hydrogen-bond donors (Lipinski definition) is 0. The monoisotopic (exact) mass is 194 g/mol. The van der Waals surface area contributed by atoms with Gasteiger partial charge in [0.1, 0.15) is 0 Å². The molecule has 0 aliphatic carbocycles.